The Hall–Kier alpha value is -0.250. The summed E-state index contributed by atoms with van der Waals surface area (Å²) in [4.78, 5) is 0. The fourth-order valence-electron chi connectivity index (χ4n) is 0.606. The van der Waals surface area contributed by atoms with Crippen molar-refractivity contribution in [2.75, 3.05) is 0 Å². The van der Waals surface area contributed by atoms with Crippen LogP contribution in [0.15, 0.2) is 10.2 Å². The van der Waals surface area contributed by atoms with Gasteiger partial charge in [-0.1, -0.05) is 26.5 Å². The van der Waals surface area contributed by atoms with Crippen molar-refractivity contribution in [1.82, 2.24) is 0 Å². The number of halogens is 10. The second kappa shape index (κ2) is 5.51. The largest absolute Gasteiger partial charge is 0.464 e. The van der Waals surface area contributed by atoms with Gasteiger partial charge in [0, 0.05) is 0 Å². The molecule has 0 fully saturated rings. The van der Waals surface area contributed by atoms with Crippen LogP contribution in [0.4, 0.5) is 39.0 Å². The maximum atomic E-state index is 12.6. The van der Waals surface area contributed by atoms with E-state index in [2.05, 4.69) is 0 Å². The van der Waals surface area contributed by atoms with Gasteiger partial charge in [-0.2, -0.15) is 43.5 Å². The topological polar surface area (TPSA) is 43.4 Å². The Morgan fingerprint density at radius 2 is 1.30 bits per heavy atom. The van der Waals surface area contributed by atoms with Gasteiger partial charge in [0.2, 0.25) is 0 Å². The first-order valence-electron chi connectivity index (χ1n) is 3.95. The van der Waals surface area contributed by atoms with Crippen molar-refractivity contribution in [2.45, 2.75) is 23.4 Å². The molecule has 0 heterocycles. The van der Waals surface area contributed by atoms with E-state index in [1.54, 1.807) is 0 Å². The smallest absolute Gasteiger partial charge is 0.244 e. The van der Waals surface area contributed by atoms with Gasteiger partial charge in [-0.15, -0.1) is 0 Å². The van der Waals surface area contributed by atoms with Crippen LogP contribution in [0.2, 0.25) is 0 Å². The van der Waals surface area contributed by atoms with E-state index in [1.807, 2.05) is 4.74 Å². The molecule has 3 nitrogen and oxygen atoms in total. The Labute approximate surface area is 119 Å². The monoisotopic (exact) mass is 452 g/mol. The highest BCUT2D eigenvalue weighted by atomic mass is 127. The van der Waals surface area contributed by atoms with Crippen LogP contribution in [-0.4, -0.2) is 31.8 Å². The molecule has 0 unspecified atom stereocenters. The predicted octanol–water partition coefficient (Wildman–Crippen LogP) is 3.66. The van der Waals surface area contributed by atoms with Crippen LogP contribution >= 0.6 is 22.6 Å². The molecule has 0 saturated heterocycles. The van der Waals surface area contributed by atoms with Crippen molar-refractivity contribution >= 4 is 32.8 Å². The van der Waals surface area contributed by atoms with E-state index in [4.69, 9.17) is 0 Å². The Morgan fingerprint density at radius 3 is 1.60 bits per heavy atom. The van der Waals surface area contributed by atoms with E-state index in [1.165, 1.54) is 0 Å². The van der Waals surface area contributed by atoms with Crippen molar-refractivity contribution in [3.63, 3.8) is 0 Å². The summed E-state index contributed by atoms with van der Waals surface area (Å²) >= 11 is 0.978. The standard InChI is InChI=1S/C6H2F9IO3S/c7-3(8,1-2-16)4(9,10)19-5(11,12)6(13,14)20(15,17)18/h1-2H. The van der Waals surface area contributed by atoms with Crippen molar-refractivity contribution < 1.29 is 52.2 Å². The second-order valence-electron chi connectivity index (χ2n) is 3.01. The number of hydrogen-bond acceptors (Lipinski definition) is 3. The molecule has 20 heavy (non-hydrogen) atoms. The summed E-state index contributed by atoms with van der Waals surface area (Å²) in [5.41, 5.74) is 0. The third-order valence-corrected chi connectivity index (χ3v) is 2.77. The lowest BCUT2D eigenvalue weighted by Gasteiger charge is -2.29. The molecule has 120 valence electrons. The average molecular weight is 452 g/mol. The van der Waals surface area contributed by atoms with Crippen LogP contribution in [0.1, 0.15) is 0 Å². The molecule has 0 radical (unpaired) electrons. The maximum Gasteiger partial charge on any atom is 0.464 e. The minimum atomic E-state index is -7.40. The van der Waals surface area contributed by atoms with Crippen LogP contribution in [0.25, 0.3) is 0 Å². The first-order chi connectivity index (χ1) is 8.52. The van der Waals surface area contributed by atoms with Crippen molar-refractivity contribution in [2.24, 2.45) is 0 Å². The molecule has 0 aromatic heterocycles. The average Bonchev–Trinajstić information content (AvgIpc) is 2.13. The molecular weight excluding hydrogens is 450 g/mol. The molecule has 0 aromatic rings. The normalized spacial score (nSPS) is 15.9. The Bertz CT molecular complexity index is 486. The van der Waals surface area contributed by atoms with E-state index in [-0.39, 0.29) is 4.08 Å². The van der Waals surface area contributed by atoms with Gasteiger partial charge in [0.05, 0.1) is 0 Å². The number of ether oxygens (including phenoxy) is 1. The van der Waals surface area contributed by atoms with Gasteiger partial charge in [-0.25, -0.2) is 4.74 Å². The molecule has 0 atom stereocenters. The second-order valence-corrected chi connectivity index (χ2v) is 5.11. The molecule has 0 N–H and O–H groups in total. The minimum absolute atomic E-state index is 0.233. The highest BCUT2D eigenvalue weighted by molar-refractivity contribution is 14.1. The van der Waals surface area contributed by atoms with Crippen LogP contribution < -0.4 is 0 Å². The quantitative estimate of drug-likeness (QED) is 0.351. The molecule has 0 saturated carbocycles. The van der Waals surface area contributed by atoms with Gasteiger partial charge in [-0.3, -0.25) is 0 Å². The zero-order valence-electron chi connectivity index (χ0n) is 8.57. The van der Waals surface area contributed by atoms with Crippen LogP contribution in [0, 0.1) is 0 Å². The van der Waals surface area contributed by atoms with Gasteiger partial charge in [-0.05, 0) is 10.2 Å². The zero-order valence-corrected chi connectivity index (χ0v) is 11.5. The first-order valence-corrected chi connectivity index (χ1v) is 6.58. The predicted molar refractivity (Wildman–Crippen MR) is 54.1 cm³/mol. The number of rotatable bonds is 6. The molecule has 0 aromatic carbocycles. The lowest BCUT2D eigenvalue weighted by Crippen LogP contribution is -2.54. The highest BCUT2D eigenvalue weighted by Gasteiger charge is 2.74. The maximum absolute atomic E-state index is 12.6. The van der Waals surface area contributed by atoms with Crippen molar-refractivity contribution in [3.8, 4) is 0 Å². The minimum Gasteiger partial charge on any atom is -0.244 e. The highest BCUT2D eigenvalue weighted by Crippen LogP contribution is 2.47. The van der Waals surface area contributed by atoms with E-state index in [9.17, 15) is 47.4 Å². The molecule has 0 aliphatic rings. The number of alkyl halides is 8. The van der Waals surface area contributed by atoms with Crippen LogP contribution in [-0.2, 0) is 15.0 Å². The Kier molecular flexibility index (Phi) is 5.44. The van der Waals surface area contributed by atoms with Gasteiger partial charge in [0.25, 0.3) is 0 Å². The lowest BCUT2D eigenvalue weighted by atomic mass is 10.3. The third kappa shape index (κ3) is 3.69. The Morgan fingerprint density at radius 1 is 0.900 bits per heavy atom. The van der Waals surface area contributed by atoms with Gasteiger partial charge in [0.1, 0.15) is 0 Å². The fraction of sp³-hybridized carbons (Fsp3) is 0.667. The molecule has 0 aliphatic carbocycles. The molecule has 0 rings (SSSR count). The molecular formula is C6H2F9IO3S. The summed E-state index contributed by atoms with van der Waals surface area (Å²) in [7, 11) is -7.40. The summed E-state index contributed by atoms with van der Waals surface area (Å²) in [6.45, 7) is 0. The first kappa shape index (κ1) is 19.8. The van der Waals surface area contributed by atoms with E-state index in [0.29, 0.717) is 0 Å². The summed E-state index contributed by atoms with van der Waals surface area (Å²) in [5, 5.41) is -6.78. The van der Waals surface area contributed by atoms with Gasteiger partial charge < -0.3 is 0 Å². The zero-order chi connectivity index (χ0) is 16.6. The SMILES string of the molecule is O=S(=O)(F)C(F)(F)C(F)(F)OC(F)(F)C(F)(F)C=CI. The molecule has 0 bridgehead atoms. The summed E-state index contributed by atoms with van der Waals surface area (Å²) in [6, 6.07) is 0. The fourth-order valence-corrected chi connectivity index (χ4v) is 1.38. The van der Waals surface area contributed by atoms with E-state index >= 15 is 0 Å². The molecule has 14 heteroatoms. The van der Waals surface area contributed by atoms with Crippen molar-refractivity contribution in [3.05, 3.63) is 10.2 Å². The van der Waals surface area contributed by atoms with Crippen LogP contribution in [0.5, 0.6) is 0 Å². The molecule has 0 spiro atoms. The Balaban J connectivity index is 5.61. The van der Waals surface area contributed by atoms with E-state index < -0.39 is 39.7 Å². The molecule has 0 aliphatic heterocycles. The lowest BCUT2D eigenvalue weighted by molar-refractivity contribution is -0.448. The summed E-state index contributed by atoms with van der Waals surface area (Å²) in [6.07, 6.45) is -13.6. The molecule has 0 amide bonds. The summed E-state index contributed by atoms with van der Waals surface area (Å²) in [5.74, 6) is -5.48. The van der Waals surface area contributed by atoms with E-state index in [0.717, 1.165) is 22.6 Å². The van der Waals surface area contributed by atoms with Crippen molar-refractivity contribution in [1.29, 1.82) is 0 Å². The third-order valence-electron chi connectivity index (χ3n) is 1.56. The summed E-state index contributed by atoms with van der Waals surface area (Å²) < 4.78 is 134. The number of hydrogen-bond donors (Lipinski definition) is 0. The van der Waals surface area contributed by atoms with Gasteiger partial charge >= 0.3 is 33.6 Å². The van der Waals surface area contributed by atoms with Crippen LogP contribution in [0.3, 0.4) is 0 Å². The van der Waals surface area contributed by atoms with Gasteiger partial charge in [0.15, 0.2) is 0 Å².